The fraction of sp³-hybridized carbons (Fsp3) is 0.529. The SMILES string of the molecule is CCC(C)N/C(=C(\N)c1ccccc1CNCCC(=O)NCCOCCOCCOCCOCCC(C)=O)c1ccccc1O. The number of nitrogens with two attached hydrogens (primary N) is 1. The normalized spacial score (nSPS) is 12.4. The van der Waals surface area contributed by atoms with E-state index in [1.807, 2.05) is 36.4 Å². The van der Waals surface area contributed by atoms with Gasteiger partial charge in [-0.3, -0.25) is 9.59 Å². The summed E-state index contributed by atoms with van der Waals surface area (Å²) in [6.07, 6.45) is 1.66. The predicted molar refractivity (Wildman–Crippen MR) is 176 cm³/mol. The van der Waals surface area contributed by atoms with Gasteiger partial charge in [0.05, 0.1) is 64.2 Å². The minimum atomic E-state index is -0.0583. The summed E-state index contributed by atoms with van der Waals surface area (Å²) in [5.41, 5.74) is 10.5. The van der Waals surface area contributed by atoms with Gasteiger partial charge in [0, 0.05) is 49.6 Å². The Bertz CT molecular complexity index is 1170. The smallest absolute Gasteiger partial charge is 0.221 e. The van der Waals surface area contributed by atoms with Crippen LogP contribution in [-0.2, 0) is 35.1 Å². The van der Waals surface area contributed by atoms with Gasteiger partial charge in [0.2, 0.25) is 5.91 Å². The zero-order chi connectivity index (χ0) is 32.7. The van der Waals surface area contributed by atoms with E-state index in [4.69, 9.17) is 24.7 Å². The Morgan fingerprint density at radius 1 is 0.800 bits per heavy atom. The zero-order valence-electron chi connectivity index (χ0n) is 27.1. The third kappa shape index (κ3) is 15.9. The first-order valence-electron chi connectivity index (χ1n) is 15.7. The third-order valence-electron chi connectivity index (χ3n) is 6.88. The van der Waals surface area contributed by atoms with Gasteiger partial charge in [-0.05, 0) is 38.0 Å². The third-order valence-corrected chi connectivity index (χ3v) is 6.88. The Hall–Kier alpha value is -3.48. The standard InChI is InChI=1S/C34H52N4O7/c1-4-26(2)38-34(30-11-7-8-12-31(30)40)33(35)29-10-6-5-9-28(29)25-36-15-13-32(41)37-16-18-43-20-22-45-24-23-44-21-19-42-17-14-27(3)39/h5-12,26,36,38,40H,4,13-25,35H2,1-3H3,(H,37,41)/b34-33-. The first-order valence-corrected chi connectivity index (χ1v) is 15.7. The molecular weight excluding hydrogens is 576 g/mol. The number of nitrogens with one attached hydrogen (secondary N) is 3. The fourth-order valence-corrected chi connectivity index (χ4v) is 4.16. The topological polar surface area (TPSA) is 153 Å². The highest BCUT2D eigenvalue weighted by Gasteiger charge is 2.16. The summed E-state index contributed by atoms with van der Waals surface area (Å²) in [4.78, 5) is 23.1. The summed E-state index contributed by atoms with van der Waals surface area (Å²) in [5, 5.41) is 20.2. The minimum Gasteiger partial charge on any atom is -0.507 e. The van der Waals surface area contributed by atoms with Crippen molar-refractivity contribution in [1.29, 1.82) is 0 Å². The number of phenols is 1. The Labute approximate surface area is 267 Å². The average Bonchev–Trinajstić information content (AvgIpc) is 3.03. The molecule has 1 amide bonds. The van der Waals surface area contributed by atoms with Crippen LogP contribution in [0.2, 0.25) is 0 Å². The summed E-state index contributed by atoms with van der Waals surface area (Å²) in [6, 6.07) is 15.2. The van der Waals surface area contributed by atoms with Gasteiger partial charge in [-0.2, -0.15) is 0 Å². The van der Waals surface area contributed by atoms with E-state index < -0.39 is 0 Å². The van der Waals surface area contributed by atoms with Crippen LogP contribution in [0.4, 0.5) is 0 Å². The molecule has 11 heteroatoms. The summed E-state index contributed by atoms with van der Waals surface area (Å²) < 4.78 is 21.6. The van der Waals surface area contributed by atoms with Crippen molar-refractivity contribution in [3.63, 3.8) is 0 Å². The van der Waals surface area contributed by atoms with Crippen LogP contribution in [-0.4, -0.2) is 88.8 Å². The summed E-state index contributed by atoms with van der Waals surface area (Å²) in [7, 11) is 0. The average molecular weight is 629 g/mol. The number of Topliss-reactive ketones (excluding diaryl/α,β-unsaturated/α-hetero) is 1. The Kier molecular flexibility index (Phi) is 19.2. The van der Waals surface area contributed by atoms with Gasteiger partial charge >= 0.3 is 0 Å². The lowest BCUT2D eigenvalue weighted by molar-refractivity contribution is -0.121. The predicted octanol–water partition coefficient (Wildman–Crippen LogP) is 3.21. The van der Waals surface area contributed by atoms with E-state index in [2.05, 4.69) is 29.8 Å². The van der Waals surface area contributed by atoms with E-state index in [0.717, 1.165) is 17.5 Å². The number of carbonyl (C=O) groups is 2. The number of carbonyl (C=O) groups excluding carboxylic acids is 2. The van der Waals surface area contributed by atoms with Crippen molar-refractivity contribution in [2.75, 3.05) is 65.9 Å². The lowest BCUT2D eigenvalue weighted by atomic mass is 9.99. The highest BCUT2D eigenvalue weighted by Crippen LogP contribution is 2.29. The molecule has 11 nitrogen and oxygen atoms in total. The zero-order valence-corrected chi connectivity index (χ0v) is 27.1. The number of ketones is 1. The molecule has 2 rings (SSSR count). The molecule has 0 fully saturated rings. The molecule has 0 aromatic heterocycles. The first-order chi connectivity index (χ1) is 21.8. The largest absolute Gasteiger partial charge is 0.507 e. The highest BCUT2D eigenvalue weighted by molar-refractivity contribution is 5.90. The molecule has 250 valence electrons. The molecule has 0 bridgehead atoms. The molecular formula is C34H52N4O7. The number of hydrogen-bond acceptors (Lipinski definition) is 10. The summed E-state index contributed by atoms with van der Waals surface area (Å²) >= 11 is 0. The second-order valence-corrected chi connectivity index (χ2v) is 10.6. The van der Waals surface area contributed by atoms with Gasteiger partial charge in [0.25, 0.3) is 0 Å². The van der Waals surface area contributed by atoms with Crippen molar-refractivity contribution in [2.24, 2.45) is 5.73 Å². The molecule has 0 aliphatic carbocycles. The maximum Gasteiger partial charge on any atom is 0.221 e. The van der Waals surface area contributed by atoms with Crippen LogP contribution < -0.4 is 21.7 Å². The number of amides is 1. The molecule has 0 spiro atoms. The van der Waals surface area contributed by atoms with Gasteiger partial charge in [0.1, 0.15) is 11.5 Å². The van der Waals surface area contributed by atoms with Crippen molar-refractivity contribution in [1.82, 2.24) is 16.0 Å². The van der Waals surface area contributed by atoms with Gasteiger partial charge < -0.3 is 45.7 Å². The summed E-state index contributed by atoms with van der Waals surface area (Å²) in [5.74, 6) is 0.217. The Morgan fingerprint density at radius 3 is 2.00 bits per heavy atom. The van der Waals surface area contributed by atoms with Crippen molar-refractivity contribution in [3.05, 3.63) is 65.2 Å². The maximum atomic E-state index is 12.3. The van der Waals surface area contributed by atoms with Crippen LogP contribution >= 0.6 is 0 Å². The molecule has 0 radical (unpaired) electrons. The minimum absolute atomic E-state index is 0.0583. The number of rotatable bonds is 25. The fourth-order valence-electron chi connectivity index (χ4n) is 4.16. The molecule has 2 aromatic rings. The quantitative estimate of drug-likeness (QED) is 0.0818. The lowest BCUT2D eigenvalue weighted by Crippen LogP contribution is -2.30. The number of benzene rings is 2. The second kappa shape index (κ2) is 22.9. The highest BCUT2D eigenvalue weighted by atomic mass is 16.6. The summed E-state index contributed by atoms with van der Waals surface area (Å²) in [6.45, 7) is 10.7. The van der Waals surface area contributed by atoms with Crippen LogP contribution in [0, 0.1) is 0 Å². The molecule has 6 N–H and O–H groups in total. The van der Waals surface area contributed by atoms with Gasteiger partial charge in [-0.1, -0.05) is 43.3 Å². The van der Waals surface area contributed by atoms with E-state index in [9.17, 15) is 14.7 Å². The number of phenolic OH excluding ortho intramolecular Hbond substituents is 1. The maximum absolute atomic E-state index is 12.3. The first kappa shape index (κ1) is 37.7. The molecule has 0 saturated heterocycles. The van der Waals surface area contributed by atoms with Crippen molar-refractivity contribution in [3.8, 4) is 5.75 Å². The van der Waals surface area contributed by atoms with E-state index in [1.165, 1.54) is 0 Å². The molecule has 45 heavy (non-hydrogen) atoms. The van der Waals surface area contributed by atoms with Gasteiger partial charge in [-0.25, -0.2) is 0 Å². The Balaban J connectivity index is 1.64. The molecule has 1 unspecified atom stereocenters. The molecule has 0 aliphatic rings. The second-order valence-electron chi connectivity index (χ2n) is 10.6. The van der Waals surface area contributed by atoms with Crippen molar-refractivity contribution >= 4 is 23.1 Å². The molecule has 2 aromatic carbocycles. The van der Waals surface area contributed by atoms with Crippen molar-refractivity contribution < 1.29 is 33.6 Å². The van der Waals surface area contributed by atoms with Gasteiger partial charge in [-0.15, -0.1) is 0 Å². The lowest BCUT2D eigenvalue weighted by Gasteiger charge is -2.21. The van der Waals surface area contributed by atoms with Crippen LogP contribution in [0.25, 0.3) is 11.4 Å². The number of hydrogen-bond donors (Lipinski definition) is 5. The molecule has 0 heterocycles. The number of aromatic hydroxyl groups is 1. The number of para-hydroxylation sites is 1. The van der Waals surface area contributed by atoms with E-state index in [-0.39, 0.29) is 23.5 Å². The van der Waals surface area contributed by atoms with Crippen LogP contribution in [0.15, 0.2) is 48.5 Å². The van der Waals surface area contributed by atoms with Crippen molar-refractivity contribution in [2.45, 2.75) is 52.6 Å². The number of ether oxygens (including phenoxy) is 4. The molecule has 0 aliphatic heterocycles. The van der Waals surface area contributed by atoms with E-state index >= 15 is 0 Å². The van der Waals surface area contributed by atoms with Gasteiger partial charge in [0.15, 0.2) is 0 Å². The monoisotopic (exact) mass is 628 g/mol. The Morgan fingerprint density at radius 2 is 1.38 bits per heavy atom. The van der Waals surface area contributed by atoms with E-state index in [1.54, 1.807) is 19.1 Å². The van der Waals surface area contributed by atoms with Crippen LogP contribution in [0.1, 0.15) is 56.7 Å². The van der Waals surface area contributed by atoms with E-state index in [0.29, 0.717) is 102 Å². The molecule has 0 saturated carbocycles. The molecule has 1 atom stereocenters. The van der Waals surface area contributed by atoms with Crippen LogP contribution in [0.5, 0.6) is 5.75 Å². The van der Waals surface area contributed by atoms with Crippen LogP contribution in [0.3, 0.4) is 0 Å².